The molecule has 0 radical (unpaired) electrons. The van der Waals surface area contributed by atoms with E-state index >= 15 is 0 Å². The Balaban J connectivity index is 1.98. The van der Waals surface area contributed by atoms with Gasteiger partial charge in [-0.05, 0) is 25.3 Å². The Hall–Kier alpha value is -1.09. The number of rotatable bonds is 1. The van der Waals surface area contributed by atoms with E-state index in [-0.39, 0.29) is 5.82 Å². The molecule has 5 atom stereocenters. The van der Waals surface area contributed by atoms with Crippen LogP contribution in [0.15, 0.2) is 17.1 Å². The molecule has 1 saturated carbocycles. The van der Waals surface area contributed by atoms with Crippen molar-refractivity contribution in [1.29, 1.82) is 0 Å². The van der Waals surface area contributed by atoms with Crippen molar-refractivity contribution in [2.45, 2.75) is 47.7 Å². The topological polar surface area (TPSA) is 122 Å². The van der Waals surface area contributed by atoms with Crippen LogP contribution in [0.2, 0.25) is 0 Å². The molecule has 2 heterocycles. The van der Waals surface area contributed by atoms with Crippen molar-refractivity contribution >= 4 is 17.6 Å². The number of nitrogen functional groups attached to an aromatic ring is 1. The molecule has 2 fully saturated rings. The summed E-state index contributed by atoms with van der Waals surface area (Å²) >= 11 is 1.25. The molecule has 20 heavy (non-hydrogen) atoms. The molecule has 8 heteroatoms. The van der Waals surface area contributed by atoms with E-state index in [0.29, 0.717) is 12.8 Å². The molecular weight excluding hydrogens is 282 g/mol. The van der Waals surface area contributed by atoms with E-state index in [2.05, 4.69) is 4.98 Å². The molecule has 1 unspecified atom stereocenters. The summed E-state index contributed by atoms with van der Waals surface area (Å²) in [6.45, 7) is 0. The van der Waals surface area contributed by atoms with Crippen molar-refractivity contribution in [3.8, 4) is 0 Å². The molecule has 1 aliphatic heterocycles. The van der Waals surface area contributed by atoms with E-state index in [1.165, 1.54) is 28.6 Å². The van der Waals surface area contributed by atoms with Gasteiger partial charge in [0.25, 0.3) is 0 Å². The average Bonchev–Trinajstić information content (AvgIpc) is 2.88. The molecule has 7 nitrogen and oxygen atoms in total. The fourth-order valence-corrected chi connectivity index (χ4v) is 4.94. The maximum absolute atomic E-state index is 11.9. The highest BCUT2D eigenvalue weighted by atomic mass is 32.2. The first-order valence-electron chi connectivity index (χ1n) is 6.52. The van der Waals surface area contributed by atoms with E-state index in [1.54, 1.807) is 0 Å². The van der Waals surface area contributed by atoms with Crippen LogP contribution >= 0.6 is 11.8 Å². The second kappa shape index (κ2) is 4.73. The number of hydrogen-bond donors (Lipinski definition) is 4. The van der Waals surface area contributed by atoms with Gasteiger partial charge in [0.1, 0.15) is 17.3 Å². The van der Waals surface area contributed by atoms with Crippen molar-refractivity contribution in [2.75, 3.05) is 5.73 Å². The van der Waals surface area contributed by atoms with Gasteiger partial charge in [-0.1, -0.05) is 0 Å². The molecular formula is C12H17N3O4S. The van der Waals surface area contributed by atoms with Gasteiger partial charge in [0.15, 0.2) is 0 Å². The van der Waals surface area contributed by atoms with Crippen LogP contribution < -0.4 is 11.4 Å². The summed E-state index contributed by atoms with van der Waals surface area (Å²) < 4.78 is 0.458. The zero-order valence-corrected chi connectivity index (χ0v) is 11.5. The Kier molecular flexibility index (Phi) is 3.28. The number of aliphatic hydroxyl groups is 3. The van der Waals surface area contributed by atoms with Gasteiger partial charge in [0.05, 0.1) is 17.0 Å². The Labute approximate surface area is 119 Å². The summed E-state index contributed by atoms with van der Waals surface area (Å²) in [4.78, 5) is 15.5. The zero-order chi connectivity index (χ0) is 14.5. The van der Waals surface area contributed by atoms with Gasteiger partial charge in [0.2, 0.25) is 0 Å². The van der Waals surface area contributed by atoms with Crippen LogP contribution in [0, 0.1) is 0 Å². The van der Waals surface area contributed by atoms with Gasteiger partial charge in [-0.15, -0.1) is 11.8 Å². The molecule has 0 aromatic carbocycles. The number of nitrogens with two attached hydrogens (primary N) is 1. The SMILES string of the molecule is Nc1ccn([C@@H]2SC3(CCC[C@@H]3O)[C@@H](O)[C@H]2O)c(=O)n1. The Morgan fingerprint density at radius 2 is 2.20 bits per heavy atom. The minimum absolute atomic E-state index is 0.111. The predicted molar refractivity (Wildman–Crippen MR) is 74.1 cm³/mol. The summed E-state index contributed by atoms with van der Waals surface area (Å²) in [5.41, 5.74) is 4.87. The fraction of sp³-hybridized carbons (Fsp3) is 0.667. The molecule has 1 saturated heterocycles. The lowest BCUT2D eigenvalue weighted by atomic mass is 9.94. The summed E-state index contributed by atoms with van der Waals surface area (Å²) in [5.74, 6) is 0.111. The second-order valence-electron chi connectivity index (χ2n) is 5.35. The van der Waals surface area contributed by atoms with Gasteiger partial charge < -0.3 is 21.1 Å². The van der Waals surface area contributed by atoms with Gasteiger partial charge in [-0.2, -0.15) is 4.98 Å². The van der Waals surface area contributed by atoms with Crippen molar-refractivity contribution in [2.24, 2.45) is 0 Å². The highest BCUT2D eigenvalue weighted by Crippen LogP contribution is 2.56. The van der Waals surface area contributed by atoms with Gasteiger partial charge in [-0.25, -0.2) is 4.79 Å². The number of aliphatic hydroxyl groups excluding tert-OH is 3. The molecule has 2 aliphatic rings. The smallest absolute Gasteiger partial charge is 0.350 e. The van der Waals surface area contributed by atoms with E-state index < -0.39 is 34.1 Å². The first-order valence-corrected chi connectivity index (χ1v) is 7.40. The summed E-state index contributed by atoms with van der Waals surface area (Å²) in [5, 5.41) is 30.0. The number of hydrogen-bond acceptors (Lipinski definition) is 7. The first-order chi connectivity index (χ1) is 9.45. The lowest BCUT2D eigenvalue weighted by molar-refractivity contribution is -0.0258. The number of anilines is 1. The maximum atomic E-state index is 11.9. The average molecular weight is 299 g/mol. The van der Waals surface area contributed by atoms with Crippen molar-refractivity contribution in [3.63, 3.8) is 0 Å². The third-order valence-corrected chi connectivity index (χ3v) is 6.10. The number of nitrogens with zero attached hydrogens (tertiary/aromatic N) is 2. The third kappa shape index (κ3) is 1.86. The third-order valence-electron chi connectivity index (χ3n) is 4.19. The van der Waals surface area contributed by atoms with Crippen LogP contribution in [0.25, 0.3) is 0 Å². The van der Waals surface area contributed by atoms with Crippen LogP contribution in [-0.2, 0) is 0 Å². The molecule has 1 aromatic heterocycles. The molecule has 5 N–H and O–H groups in total. The van der Waals surface area contributed by atoms with E-state index in [1.807, 2.05) is 0 Å². The van der Waals surface area contributed by atoms with E-state index in [9.17, 15) is 20.1 Å². The molecule has 1 aromatic rings. The van der Waals surface area contributed by atoms with Gasteiger partial charge >= 0.3 is 5.69 Å². The molecule has 3 rings (SSSR count). The Morgan fingerprint density at radius 1 is 1.45 bits per heavy atom. The van der Waals surface area contributed by atoms with Crippen LogP contribution in [0.5, 0.6) is 0 Å². The molecule has 1 spiro atoms. The van der Waals surface area contributed by atoms with Crippen LogP contribution in [0.4, 0.5) is 5.82 Å². The van der Waals surface area contributed by atoms with Gasteiger partial charge in [0, 0.05) is 6.20 Å². The van der Waals surface area contributed by atoms with Crippen LogP contribution in [-0.4, -0.2) is 47.9 Å². The quantitative estimate of drug-likeness (QED) is 0.529. The molecule has 1 aliphatic carbocycles. The summed E-state index contributed by atoms with van der Waals surface area (Å²) in [6.07, 6.45) is 0.580. The monoisotopic (exact) mass is 299 g/mol. The normalized spacial score (nSPS) is 40.5. The van der Waals surface area contributed by atoms with Crippen molar-refractivity contribution < 1.29 is 15.3 Å². The highest BCUT2D eigenvalue weighted by molar-refractivity contribution is 8.01. The van der Waals surface area contributed by atoms with Crippen LogP contribution in [0.1, 0.15) is 24.6 Å². The number of thioether (sulfide) groups is 1. The largest absolute Gasteiger partial charge is 0.392 e. The maximum Gasteiger partial charge on any atom is 0.350 e. The van der Waals surface area contributed by atoms with Gasteiger partial charge in [-0.3, -0.25) is 4.57 Å². The number of aromatic nitrogens is 2. The Bertz CT molecular complexity index is 580. The summed E-state index contributed by atoms with van der Waals surface area (Å²) in [6, 6.07) is 1.47. The molecule has 0 amide bonds. The lowest BCUT2D eigenvalue weighted by Crippen LogP contribution is -2.46. The predicted octanol–water partition coefficient (Wildman–Crippen LogP) is -0.924. The molecule has 110 valence electrons. The minimum Gasteiger partial charge on any atom is -0.392 e. The summed E-state index contributed by atoms with van der Waals surface area (Å²) in [7, 11) is 0. The standard InChI is InChI=1S/C12H17N3O4S/c13-7-3-5-15(11(19)14-7)10-8(17)9(18)12(20-10)4-1-2-6(12)16/h3,5-6,8-10,16-18H,1-2,4H2,(H2,13,14,19)/t6-,8+,9-,10+,12?/m0/s1. The minimum atomic E-state index is -1.13. The first kappa shape index (κ1) is 13.9. The fourth-order valence-electron chi connectivity index (χ4n) is 3.12. The highest BCUT2D eigenvalue weighted by Gasteiger charge is 2.59. The zero-order valence-electron chi connectivity index (χ0n) is 10.7. The van der Waals surface area contributed by atoms with Crippen molar-refractivity contribution in [1.82, 2.24) is 9.55 Å². The van der Waals surface area contributed by atoms with Crippen molar-refractivity contribution in [3.05, 3.63) is 22.7 Å². The molecule has 0 bridgehead atoms. The van der Waals surface area contributed by atoms with Crippen LogP contribution in [0.3, 0.4) is 0 Å². The second-order valence-corrected chi connectivity index (χ2v) is 6.83. The van der Waals surface area contributed by atoms with E-state index in [0.717, 1.165) is 6.42 Å². The lowest BCUT2D eigenvalue weighted by Gasteiger charge is -2.30. The van der Waals surface area contributed by atoms with E-state index in [4.69, 9.17) is 5.73 Å². The Morgan fingerprint density at radius 3 is 2.80 bits per heavy atom.